The third-order valence-corrected chi connectivity index (χ3v) is 3.98. The number of benzene rings is 2. The lowest BCUT2D eigenvalue weighted by Gasteiger charge is -2.17. The van der Waals surface area contributed by atoms with Gasteiger partial charge in [0, 0.05) is 0 Å². The van der Waals surface area contributed by atoms with E-state index in [4.69, 9.17) is 4.74 Å². The monoisotopic (exact) mass is 311 g/mol. The fraction of sp³-hybridized carbons (Fsp3) is 0.350. The first-order valence-electron chi connectivity index (χ1n) is 8.08. The van der Waals surface area contributed by atoms with Crippen molar-refractivity contribution in [3.05, 3.63) is 64.7 Å². The summed E-state index contributed by atoms with van der Waals surface area (Å²) in [5, 5.41) is 2.99. The van der Waals surface area contributed by atoms with Crippen LogP contribution in [-0.4, -0.2) is 12.5 Å². The molecule has 0 spiro atoms. The molecule has 0 saturated carbocycles. The summed E-state index contributed by atoms with van der Waals surface area (Å²) in [4.78, 5) is 12.1. The van der Waals surface area contributed by atoms with Crippen LogP contribution in [0.15, 0.2) is 42.5 Å². The molecule has 1 amide bonds. The summed E-state index contributed by atoms with van der Waals surface area (Å²) in [6.07, 6.45) is 0.994. The molecule has 0 radical (unpaired) electrons. The van der Waals surface area contributed by atoms with Crippen molar-refractivity contribution < 1.29 is 9.53 Å². The van der Waals surface area contributed by atoms with Gasteiger partial charge in [0.2, 0.25) is 0 Å². The Morgan fingerprint density at radius 3 is 2.48 bits per heavy atom. The zero-order chi connectivity index (χ0) is 16.8. The van der Waals surface area contributed by atoms with Gasteiger partial charge in [-0.2, -0.15) is 0 Å². The van der Waals surface area contributed by atoms with Gasteiger partial charge in [0.15, 0.2) is 6.61 Å². The van der Waals surface area contributed by atoms with Crippen LogP contribution in [0.5, 0.6) is 5.75 Å². The highest BCUT2D eigenvalue weighted by molar-refractivity contribution is 5.78. The number of amides is 1. The fourth-order valence-corrected chi connectivity index (χ4v) is 2.56. The number of hydrogen-bond acceptors (Lipinski definition) is 2. The molecule has 1 N–H and O–H groups in total. The van der Waals surface area contributed by atoms with E-state index in [9.17, 15) is 4.79 Å². The highest BCUT2D eigenvalue weighted by Gasteiger charge is 2.12. The average molecular weight is 311 g/mol. The largest absolute Gasteiger partial charge is 0.484 e. The SMILES string of the molecule is CCc1ccc(OCC(=O)N[C@@H](C)c2cc(C)ccc2C)cc1. The Morgan fingerprint density at radius 1 is 1.13 bits per heavy atom. The van der Waals surface area contributed by atoms with Crippen molar-refractivity contribution in [2.45, 2.75) is 40.2 Å². The average Bonchev–Trinajstić information content (AvgIpc) is 2.55. The van der Waals surface area contributed by atoms with Gasteiger partial charge in [0.1, 0.15) is 5.75 Å². The molecule has 23 heavy (non-hydrogen) atoms. The van der Waals surface area contributed by atoms with E-state index in [1.165, 1.54) is 16.7 Å². The normalized spacial score (nSPS) is 11.8. The van der Waals surface area contributed by atoms with Crippen LogP contribution < -0.4 is 10.1 Å². The van der Waals surface area contributed by atoms with E-state index in [-0.39, 0.29) is 18.6 Å². The maximum Gasteiger partial charge on any atom is 0.258 e. The predicted molar refractivity (Wildman–Crippen MR) is 93.8 cm³/mol. The molecule has 0 unspecified atom stereocenters. The van der Waals surface area contributed by atoms with Crippen LogP contribution in [0.1, 0.15) is 42.1 Å². The zero-order valence-corrected chi connectivity index (χ0v) is 14.3. The van der Waals surface area contributed by atoms with Crippen LogP contribution in [0.2, 0.25) is 0 Å². The maximum atomic E-state index is 12.1. The topological polar surface area (TPSA) is 38.3 Å². The summed E-state index contributed by atoms with van der Waals surface area (Å²) in [7, 11) is 0. The van der Waals surface area contributed by atoms with E-state index in [2.05, 4.69) is 44.3 Å². The molecule has 0 fully saturated rings. The zero-order valence-electron chi connectivity index (χ0n) is 14.3. The summed E-state index contributed by atoms with van der Waals surface area (Å²) >= 11 is 0. The Hall–Kier alpha value is -2.29. The first kappa shape index (κ1) is 17.1. The summed E-state index contributed by atoms with van der Waals surface area (Å²) in [6.45, 7) is 8.25. The first-order valence-corrected chi connectivity index (χ1v) is 8.08. The van der Waals surface area contributed by atoms with Crippen LogP contribution in [0.4, 0.5) is 0 Å². The molecule has 0 aliphatic carbocycles. The Labute approximate surface area is 138 Å². The number of carbonyl (C=O) groups excluding carboxylic acids is 1. The van der Waals surface area contributed by atoms with Gasteiger partial charge in [-0.25, -0.2) is 0 Å². The summed E-state index contributed by atoms with van der Waals surface area (Å²) in [6, 6.07) is 14.1. The lowest BCUT2D eigenvalue weighted by molar-refractivity contribution is -0.123. The van der Waals surface area contributed by atoms with Gasteiger partial charge < -0.3 is 10.1 Å². The number of hydrogen-bond donors (Lipinski definition) is 1. The smallest absolute Gasteiger partial charge is 0.258 e. The predicted octanol–water partition coefficient (Wildman–Crippen LogP) is 4.12. The van der Waals surface area contributed by atoms with E-state index in [0.29, 0.717) is 0 Å². The molecule has 0 aromatic heterocycles. The van der Waals surface area contributed by atoms with E-state index in [0.717, 1.165) is 17.7 Å². The summed E-state index contributed by atoms with van der Waals surface area (Å²) in [5.41, 5.74) is 4.77. The van der Waals surface area contributed by atoms with E-state index in [1.807, 2.05) is 31.2 Å². The molecule has 3 nitrogen and oxygen atoms in total. The molecular formula is C20H25NO2. The van der Waals surface area contributed by atoms with Crippen LogP contribution in [0.3, 0.4) is 0 Å². The van der Waals surface area contributed by atoms with Crippen molar-refractivity contribution in [3.8, 4) is 5.75 Å². The standard InChI is InChI=1S/C20H25NO2/c1-5-17-8-10-18(11-9-17)23-13-20(22)21-16(4)19-12-14(2)6-7-15(19)3/h6-12,16H,5,13H2,1-4H3,(H,21,22)/t16-/m0/s1. The second kappa shape index (κ2) is 7.82. The summed E-state index contributed by atoms with van der Waals surface area (Å²) in [5.74, 6) is 0.606. The third kappa shape index (κ3) is 4.85. The van der Waals surface area contributed by atoms with Gasteiger partial charge in [-0.15, -0.1) is 0 Å². The summed E-state index contributed by atoms with van der Waals surface area (Å²) < 4.78 is 5.55. The van der Waals surface area contributed by atoms with Crippen LogP contribution in [0.25, 0.3) is 0 Å². The van der Waals surface area contributed by atoms with Crippen LogP contribution in [0, 0.1) is 13.8 Å². The molecule has 0 saturated heterocycles. The van der Waals surface area contributed by atoms with Crippen LogP contribution in [-0.2, 0) is 11.2 Å². The van der Waals surface area contributed by atoms with Crippen molar-refractivity contribution in [2.24, 2.45) is 0 Å². The Kier molecular flexibility index (Phi) is 5.80. The number of carbonyl (C=O) groups is 1. The maximum absolute atomic E-state index is 12.1. The highest BCUT2D eigenvalue weighted by atomic mass is 16.5. The molecule has 0 aliphatic rings. The molecule has 2 aromatic carbocycles. The second-order valence-corrected chi connectivity index (χ2v) is 5.94. The molecule has 2 rings (SSSR count). The number of nitrogens with one attached hydrogen (secondary N) is 1. The Balaban J connectivity index is 1.89. The van der Waals surface area contributed by atoms with Gasteiger partial charge >= 0.3 is 0 Å². The van der Waals surface area contributed by atoms with Crippen molar-refractivity contribution in [2.75, 3.05) is 6.61 Å². The minimum atomic E-state index is -0.113. The molecule has 3 heteroatoms. The number of rotatable bonds is 6. The number of ether oxygens (including phenoxy) is 1. The quantitative estimate of drug-likeness (QED) is 0.871. The molecule has 122 valence electrons. The Morgan fingerprint density at radius 2 is 1.83 bits per heavy atom. The second-order valence-electron chi connectivity index (χ2n) is 5.94. The van der Waals surface area contributed by atoms with E-state index < -0.39 is 0 Å². The van der Waals surface area contributed by atoms with Gasteiger partial charge in [0.25, 0.3) is 5.91 Å². The van der Waals surface area contributed by atoms with E-state index in [1.54, 1.807) is 0 Å². The third-order valence-electron chi connectivity index (χ3n) is 3.98. The van der Waals surface area contributed by atoms with E-state index >= 15 is 0 Å². The minimum absolute atomic E-state index is 0.0284. The molecular weight excluding hydrogens is 286 g/mol. The van der Waals surface area contributed by atoms with Crippen molar-refractivity contribution in [3.63, 3.8) is 0 Å². The Bertz CT molecular complexity index is 662. The van der Waals surface area contributed by atoms with Gasteiger partial charge in [-0.1, -0.05) is 42.8 Å². The van der Waals surface area contributed by atoms with Crippen molar-refractivity contribution in [1.82, 2.24) is 5.32 Å². The first-order chi connectivity index (χ1) is 11.0. The molecule has 0 bridgehead atoms. The molecule has 1 atom stereocenters. The molecule has 0 heterocycles. The fourth-order valence-electron chi connectivity index (χ4n) is 2.56. The lowest BCUT2D eigenvalue weighted by Crippen LogP contribution is -2.31. The van der Waals surface area contributed by atoms with Crippen LogP contribution >= 0.6 is 0 Å². The lowest BCUT2D eigenvalue weighted by atomic mass is 10.00. The van der Waals surface area contributed by atoms with Gasteiger partial charge in [-0.05, 0) is 56.0 Å². The minimum Gasteiger partial charge on any atom is -0.484 e. The number of aryl methyl sites for hydroxylation is 3. The van der Waals surface area contributed by atoms with Crippen molar-refractivity contribution in [1.29, 1.82) is 0 Å². The van der Waals surface area contributed by atoms with Crippen molar-refractivity contribution >= 4 is 5.91 Å². The molecule has 2 aromatic rings. The molecule has 0 aliphatic heterocycles. The highest BCUT2D eigenvalue weighted by Crippen LogP contribution is 2.19. The van der Waals surface area contributed by atoms with Gasteiger partial charge in [0.05, 0.1) is 6.04 Å². The van der Waals surface area contributed by atoms with Gasteiger partial charge in [-0.3, -0.25) is 4.79 Å².